The van der Waals surface area contributed by atoms with E-state index < -0.39 is 0 Å². The highest BCUT2D eigenvalue weighted by Crippen LogP contribution is 2.28. The molecule has 0 aliphatic heterocycles. The average Bonchev–Trinajstić information content (AvgIpc) is 2.83. The minimum absolute atomic E-state index is 0.509. The molecule has 0 spiro atoms. The monoisotopic (exact) mass is 347 g/mol. The highest BCUT2D eigenvalue weighted by atomic mass is 35.5. The van der Waals surface area contributed by atoms with Crippen LogP contribution in [0.3, 0.4) is 0 Å². The predicted molar refractivity (Wildman–Crippen MR) is 100 cm³/mol. The van der Waals surface area contributed by atoms with E-state index >= 15 is 0 Å². The zero-order valence-corrected chi connectivity index (χ0v) is 14.5. The maximum Gasteiger partial charge on any atom is 0.190 e. The van der Waals surface area contributed by atoms with Crippen molar-refractivity contribution in [2.45, 2.75) is 13.8 Å². The Morgan fingerprint density at radius 1 is 1.09 bits per heavy atom. The number of nitrogens with one attached hydrogen (secondary N) is 2. The van der Waals surface area contributed by atoms with Crippen LogP contribution in [0.15, 0.2) is 36.4 Å². The Labute approximate surface area is 143 Å². The molecule has 2 N–H and O–H groups in total. The Morgan fingerprint density at radius 3 is 2.50 bits per heavy atom. The molecule has 1 heterocycles. The summed E-state index contributed by atoms with van der Waals surface area (Å²) in [4.78, 5) is 4.57. The number of rotatable bonds is 2. The number of hydrogen-bond donors (Lipinski definition) is 2. The Morgan fingerprint density at radius 2 is 1.77 bits per heavy atom. The van der Waals surface area contributed by atoms with Gasteiger partial charge in [-0.1, -0.05) is 22.9 Å². The van der Waals surface area contributed by atoms with Gasteiger partial charge < -0.3 is 10.6 Å². The van der Waals surface area contributed by atoms with Gasteiger partial charge in [0.05, 0.1) is 10.2 Å². The summed E-state index contributed by atoms with van der Waals surface area (Å²) < 4.78 is 1.15. The lowest BCUT2D eigenvalue weighted by Gasteiger charge is -2.07. The van der Waals surface area contributed by atoms with Gasteiger partial charge in [-0.3, -0.25) is 0 Å². The Balaban J connectivity index is 1.75. The minimum atomic E-state index is 0.509. The summed E-state index contributed by atoms with van der Waals surface area (Å²) in [6.45, 7) is 4.20. The van der Waals surface area contributed by atoms with Crippen LogP contribution in [-0.4, -0.2) is 10.1 Å². The van der Waals surface area contributed by atoms with E-state index in [1.54, 1.807) is 11.3 Å². The average molecular weight is 348 g/mol. The SMILES string of the molecule is Cc1cc2nc(NC(=S)Nc3ccc(Cl)cc3)sc2cc1C. The number of nitrogens with zero attached hydrogens (tertiary/aromatic N) is 1. The van der Waals surface area contributed by atoms with Gasteiger partial charge in [-0.25, -0.2) is 4.98 Å². The first-order valence-corrected chi connectivity index (χ1v) is 8.33. The lowest BCUT2D eigenvalue weighted by molar-refractivity contribution is 1.35. The minimum Gasteiger partial charge on any atom is -0.332 e. The molecule has 0 radical (unpaired) electrons. The number of aromatic nitrogens is 1. The van der Waals surface area contributed by atoms with E-state index in [-0.39, 0.29) is 0 Å². The van der Waals surface area contributed by atoms with Crippen LogP contribution in [0.25, 0.3) is 10.2 Å². The molecular weight excluding hydrogens is 334 g/mol. The molecule has 0 aliphatic rings. The van der Waals surface area contributed by atoms with Crippen molar-refractivity contribution in [2.75, 3.05) is 10.6 Å². The molecule has 3 nitrogen and oxygen atoms in total. The first-order chi connectivity index (χ1) is 10.5. The predicted octanol–water partition coefficient (Wildman–Crippen LogP) is 5.38. The second kappa shape index (κ2) is 6.20. The molecule has 0 bridgehead atoms. The fourth-order valence-electron chi connectivity index (χ4n) is 2.03. The first-order valence-electron chi connectivity index (χ1n) is 6.72. The quantitative estimate of drug-likeness (QED) is 0.610. The fourth-order valence-corrected chi connectivity index (χ4v) is 3.38. The van der Waals surface area contributed by atoms with Crippen LogP contribution in [0.2, 0.25) is 5.02 Å². The van der Waals surface area contributed by atoms with E-state index in [0.717, 1.165) is 21.0 Å². The van der Waals surface area contributed by atoms with Crippen molar-refractivity contribution in [2.24, 2.45) is 0 Å². The maximum atomic E-state index is 5.86. The summed E-state index contributed by atoms with van der Waals surface area (Å²) in [6, 6.07) is 11.6. The van der Waals surface area contributed by atoms with Crippen molar-refractivity contribution in [3.05, 3.63) is 52.5 Å². The van der Waals surface area contributed by atoms with Crippen LogP contribution < -0.4 is 10.6 Å². The molecule has 112 valence electrons. The van der Waals surface area contributed by atoms with Crippen LogP contribution in [0.1, 0.15) is 11.1 Å². The number of aryl methyl sites for hydroxylation is 2. The maximum absolute atomic E-state index is 5.86. The lowest BCUT2D eigenvalue weighted by Crippen LogP contribution is -2.18. The molecule has 22 heavy (non-hydrogen) atoms. The summed E-state index contributed by atoms with van der Waals surface area (Å²) in [6.07, 6.45) is 0. The normalized spacial score (nSPS) is 10.7. The van der Waals surface area contributed by atoms with E-state index in [0.29, 0.717) is 10.1 Å². The van der Waals surface area contributed by atoms with E-state index in [9.17, 15) is 0 Å². The zero-order chi connectivity index (χ0) is 15.7. The number of hydrogen-bond acceptors (Lipinski definition) is 3. The molecular formula is C16H14ClN3S2. The van der Waals surface area contributed by atoms with E-state index in [1.165, 1.54) is 11.1 Å². The van der Waals surface area contributed by atoms with Gasteiger partial charge in [-0.05, 0) is 73.6 Å². The van der Waals surface area contributed by atoms with Crippen molar-refractivity contribution in [1.29, 1.82) is 0 Å². The summed E-state index contributed by atoms with van der Waals surface area (Å²) in [5.74, 6) is 0. The van der Waals surface area contributed by atoms with Crippen LogP contribution in [0.5, 0.6) is 0 Å². The third kappa shape index (κ3) is 3.38. The second-order valence-electron chi connectivity index (χ2n) is 5.01. The smallest absolute Gasteiger partial charge is 0.190 e. The molecule has 0 atom stereocenters. The number of fused-ring (bicyclic) bond motifs is 1. The third-order valence-electron chi connectivity index (χ3n) is 3.33. The van der Waals surface area contributed by atoms with Gasteiger partial charge in [0, 0.05) is 10.7 Å². The number of thiocarbonyl (C=S) groups is 1. The molecule has 0 saturated heterocycles. The van der Waals surface area contributed by atoms with Gasteiger partial charge >= 0.3 is 0 Å². The first kappa shape index (κ1) is 15.2. The Hall–Kier alpha value is -1.69. The highest BCUT2D eigenvalue weighted by molar-refractivity contribution is 7.80. The molecule has 3 rings (SSSR count). The fraction of sp³-hybridized carbons (Fsp3) is 0.125. The van der Waals surface area contributed by atoms with Crippen LogP contribution >= 0.6 is 35.2 Å². The van der Waals surface area contributed by atoms with Gasteiger partial charge in [-0.2, -0.15) is 0 Å². The molecule has 0 saturated carbocycles. The van der Waals surface area contributed by atoms with Crippen LogP contribution in [-0.2, 0) is 0 Å². The zero-order valence-electron chi connectivity index (χ0n) is 12.1. The van der Waals surface area contributed by atoms with Crippen molar-refractivity contribution in [1.82, 2.24) is 4.98 Å². The lowest BCUT2D eigenvalue weighted by atomic mass is 10.1. The van der Waals surface area contributed by atoms with E-state index in [1.807, 2.05) is 24.3 Å². The van der Waals surface area contributed by atoms with Gasteiger partial charge in [0.25, 0.3) is 0 Å². The summed E-state index contributed by atoms with van der Waals surface area (Å²) in [5.41, 5.74) is 4.38. The van der Waals surface area contributed by atoms with Crippen molar-refractivity contribution in [3.63, 3.8) is 0 Å². The molecule has 3 aromatic rings. The molecule has 0 aliphatic carbocycles. The van der Waals surface area contributed by atoms with E-state index in [4.69, 9.17) is 23.8 Å². The molecule has 1 aromatic heterocycles. The molecule has 6 heteroatoms. The highest BCUT2D eigenvalue weighted by Gasteiger charge is 2.07. The van der Waals surface area contributed by atoms with Gasteiger partial charge in [0.15, 0.2) is 10.2 Å². The third-order valence-corrected chi connectivity index (χ3v) is 4.72. The summed E-state index contributed by atoms with van der Waals surface area (Å²) >= 11 is 12.8. The molecule has 0 unspecified atom stereocenters. The number of thiazole rings is 1. The van der Waals surface area contributed by atoms with Crippen molar-refractivity contribution < 1.29 is 0 Å². The number of benzene rings is 2. The number of anilines is 2. The molecule has 0 amide bonds. The van der Waals surface area contributed by atoms with Crippen molar-refractivity contribution >= 4 is 61.3 Å². The van der Waals surface area contributed by atoms with E-state index in [2.05, 4.69) is 41.6 Å². The second-order valence-corrected chi connectivity index (χ2v) is 6.88. The summed E-state index contributed by atoms with van der Waals surface area (Å²) in [7, 11) is 0. The van der Waals surface area contributed by atoms with Gasteiger partial charge in [-0.15, -0.1) is 0 Å². The van der Waals surface area contributed by atoms with Crippen LogP contribution in [0, 0.1) is 13.8 Å². The van der Waals surface area contributed by atoms with Crippen LogP contribution in [0.4, 0.5) is 10.8 Å². The molecule has 2 aromatic carbocycles. The number of halogens is 1. The van der Waals surface area contributed by atoms with Gasteiger partial charge in [0.1, 0.15) is 0 Å². The summed E-state index contributed by atoms with van der Waals surface area (Å²) in [5, 5.41) is 8.23. The Bertz CT molecular complexity index is 801. The standard InChI is InChI=1S/C16H14ClN3S2/c1-9-7-13-14(8-10(9)2)22-16(19-13)20-15(21)18-12-5-3-11(17)4-6-12/h3-8H,1-2H3,(H2,18,19,20,21). The Kier molecular flexibility index (Phi) is 4.29. The largest absolute Gasteiger partial charge is 0.332 e. The topological polar surface area (TPSA) is 37.0 Å². The molecule has 0 fully saturated rings. The van der Waals surface area contributed by atoms with Crippen molar-refractivity contribution in [3.8, 4) is 0 Å². The van der Waals surface area contributed by atoms with Gasteiger partial charge in [0.2, 0.25) is 0 Å².